The van der Waals surface area contributed by atoms with Gasteiger partial charge in [-0.05, 0) is 0 Å². The topological polar surface area (TPSA) is 260 Å². The smallest absolute Gasteiger partial charge is 0.857 e. The van der Waals surface area contributed by atoms with Crippen molar-refractivity contribution in [2.24, 2.45) is 10.1 Å². The normalized spacial score (nSPS) is 18.1. The largest absolute Gasteiger partial charge is 1.00 e. The molecule has 0 unspecified atom stereocenters. The average Bonchev–Trinajstić information content (AvgIpc) is 3.14. The average molecular weight is 570 g/mol. The monoisotopic (exact) mass is 570 g/mol. The first-order valence-corrected chi connectivity index (χ1v) is 11.9. The van der Waals surface area contributed by atoms with Crippen LogP contribution in [0, 0.1) is 0 Å². The number of thioether (sulfide) groups is 1. The van der Waals surface area contributed by atoms with Crippen molar-refractivity contribution < 1.29 is 107 Å². The van der Waals surface area contributed by atoms with Crippen LogP contribution >= 0.6 is 23.1 Å². The summed E-state index contributed by atoms with van der Waals surface area (Å²) in [6.07, 6.45) is 0. The number of aliphatic imine (C=N–C) groups is 1. The zero-order valence-corrected chi connectivity index (χ0v) is 24.8. The molecule has 1 aliphatic heterocycles. The van der Waals surface area contributed by atoms with E-state index in [9.17, 15) is 37.6 Å². The molecule has 0 radical (unpaired) electrons. The number of β-lactam (4-membered cyclic amide) rings is 1. The molecular weight excluding hydrogens is 554 g/mol. The van der Waals surface area contributed by atoms with Crippen molar-refractivity contribution in [2.45, 2.75) is 12.1 Å². The van der Waals surface area contributed by atoms with Crippen LogP contribution in [-0.4, -0.2) is 93.7 Å². The summed E-state index contributed by atoms with van der Waals surface area (Å²) in [5, 5.41) is 38.1. The van der Waals surface area contributed by atoms with Crippen LogP contribution in [0.25, 0.3) is 0 Å². The second kappa shape index (κ2) is 15.3. The van der Waals surface area contributed by atoms with Gasteiger partial charge in [0.25, 0.3) is 11.1 Å². The van der Waals surface area contributed by atoms with Gasteiger partial charge in [-0.25, -0.2) is 9.29 Å². The number of anilines is 1. The van der Waals surface area contributed by atoms with Crippen LogP contribution in [0.4, 0.5) is 9.93 Å². The van der Waals surface area contributed by atoms with Gasteiger partial charge in [0.15, 0.2) is 17.8 Å². The molecule has 16 nitrogen and oxygen atoms in total. The molecule has 35 heavy (non-hydrogen) atoms. The number of aliphatic carboxylic acids is 1. The van der Waals surface area contributed by atoms with Crippen LogP contribution in [-0.2, 0) is 24.7 Å². The van der Waals surface area contributed by atoms with Gasteiger partial charge in [0.2, 0.25) is 0 Å². The summed E-state index contributed by atoms with van der Waals surface area (Å²) < 4.78 is 32.4. The summed E-state index contributed by atoms with van der Waals surface area (Å²) in [5.41, 5.74) is 4.71. The van der Waals surface area contributed by atoms with Crippen molar-refractivity contribution in [1.82, 2.24) is 14.6 Å². The Morgan fingerprint density at radius 1 is 1.37 bits per heavy atom. The van der Waals surface area contributed by atoms with Crippen molar-refractivity contribution in [3.8, 4) is 0 Å². The molecule has 2 amide bonds. The standard InChI is InChI=1S/C14H18N6O10S3.2Na/c15-13-17-6(4-31-13)9(19-30-3-8(22)23)11(24)18-10-7(5-32-14(26)16-1-2-21)20(12(10)25)33(27,28)29;;/h4,7,10,21H,1-3,5H2,(H2,15,17)(H,16,26)(H,18,24)(H,22,23)(H,27,28,29);;/q;2*+1/p-2/b19-9+;;/t7-,10+;;/m1../s1. The first-order valence-electron chi connectivity index (χ1n) is 8.64. The fourth-order valence-corrected chi connectivity index (χ4v) is 4.76. The Kier molecular flexibility index (Phi) is 14.9. The number of nitrogens with two attached hydrogens (primary N) is 1. The van der Waals surface area contributed by atoms with Gasteiger partial charge < -0.3 is 36.0 Å². The number of carbonyl (C=O) groups is 3. The zero-order valence-electron chi connectivity index (χ0n) is 18.3. The third-order valence-electron chi connectivity index (χ3n) is 3.71. The number of aromatic nitrogens is 1. The number of carboxylic acid groups (broad SMARTS) is 1. The van der Waals surface area contributed by atoms with E-state index in [4.69, 9.17) is 10.8 Å². The summed E-state index contributed by atoms with van der Waals surface area (Å²) in [4.78, 5) is 46.3. The van der Waals surface area contributed by atoms with E-state index in [1.54, 1.807) is 0 Å². The first-order chi connectivity index (χ1) is 15.5. The van der Waals surface area contributed by atoms with Crippen molar-refractivity contribution in [3.63, 3.8) is 0 Å². The molecule has 2 rings (SSSR count). The van der Waals surface area contributed by atoms with Crippen LogP contribution in [0.15, 0.2) is 15.5 Å². The Labute approximate surface area is 250 Å². The van der Waals surface area contributed by atoms with Gasteiger partial charge in [-0.1, -0.05) is 16.9 Å². The molecule has 1 aromatic heterocycles. The van der Waals surface area contributed by atoms with Crippen LogP contribution in [0.1, 0.15) is 5.69 Å². The Bertz CT molecular complexity index is 1080. The number of aliphatic hydroxyl groups is 1. The first kappa shape index (κ1) is 34.0. The summed E-state index contributed by atoms with van der Waals surface area (Å²) in [7, 11) is -5.02. The number of carbonyl (C=O) groups excluding carboxylic acids is 3. The minimum Gasteiger partial charge on any atom is -0.857 e. The molecule has 2 heterocycles. The van der Waals surface area contributed by atoms with Crippen molar-refractivity contribution in [3.05, 3.63) is 11.1 Å². The van der Waals surface area contributed by atoms with Gasteiger partial charge in [-0.15, -0.1) is 11.3 Å². The molecule has 182 valence electrons. The molecule has 1 fully saturated rings. The number of nitrogens with one attached hydrogen (secondary N) is 1. The maximum absolute atomic E-state index is 12.6. The maximum Gasteiger partial charge on any atom is 1.00 e. The van der Waals surface area contributed by atoms with Gasteiger partial charge in [0.05, 0.1) is 18.6 Å². The maximum atomic E-state index is 12.6. The van der Waals surface area contributed by atoms with E-state index in [1.165, 1.54) is 5.38 Å². The van der Waals surface area contributed by atoms with Crippen LogP contribution in [0.5, 0.6) is 0 Å². The molecule has 2 atom stereocenters. The summed E-state index contributed by atoms with van der Waals surface area (Å²) in [5.74, 6) is -4.51. The number of thiazole rings is 1. The van der Waals surface area contributed by atoms with Gasteiger partial charge in [-0.2, -0.15) is 8.42 Å². The molecule has 0 saturated carbocycles. The Morgan fingerprint density at radius 3 is 2.54 bits per heavy atom. The van der Waals surface area contributed by atoms with Gasteiger partial charge in [-0.3, -0.25) is 19.1 Å². The van der Waals surface area contributed by atoms with Crippen LogP contribution in [0.3, 0.4) is 0 Å². The molecule has 21 heteroatoms. The quantitative estimate of drug-likeness (QED) is 0.0481. The Hall–Kier alpha value is -1.00. The molecule has 5 N–H and O–H groups in total. The number of carboxylic acids is 1. The number of rotatable bonds is 11. The van der Waals surface area contributed by atoms with E-state index in [0.29, 0.717) is 11.8 Å². The minimum atomic E-state index is -5.02. The number of oxime groups is 1. The summed E-state index contributed by atoms with van der Waals surface area (Å²) in [6.45, 7) is -1.44. The second-order valence-corrected chi connectivity index (χ2v) is 9.14. The second-order valence-electron chi connectivity index (χ2n) is 5.96. The van der Waals surface area contributed by atoms with E-state index < -0.39 is 57.7 Å². The predicted octanol–water partition coefficient (Wildman–Crippen LogP) is -10.2. The number of hydrogen-bond donors (Lipinski definition) is 4. The number of nitrogens with zero attached hydrogens (tertiary/aromatic N) is 4. The van der Waals surface area contributed by atoms with E-state index >= 15 is 0 Å². The van der Waals surface area contributed by atoms with Gasteiger partial charge in [0.1, 0.15) is 11.4 Å². The summed E-state index contributed by atoms with van der Waals surface area (Å²) >= 11 is 1.43. The number of hydrogen-bond acceptors (Lipinski definition) is 15. The molecule has 1 aliphatic rings. The predicted molar refractivity (Wildman–Crippen MR) is 110 cm³/mol. The van der Waals surface area contributed by atoms with Crippen LogP contribution in [0.2, 0.25) is 0 Å². The molecule has 1 aromatic rings. The molecule has 0 aliphatic carbocycles. The van der Waals surface area contributed by atoms with E-state index in [1.807, 2.05) is 0 Å². The van der Waals surface area contributed by atoms with Crippen molar-refractivity contribution in [2.75, 3.05) is 31.2 Å². The Balaban J connectivity index is 0.00000578. The number of nitrogen functional groups attached to an aromatic ring is 1. The zero-order chi connectivity index (χ0) is 24.8. The van der Waals surface area contributed by atoms with Gasteiger partial charge >= 0.3 is 69.4 Å². The van der Waals surface area contributed by atoms with E-state index in [-0.39, 0.29) is 93.1 Å². The molecule has 0 aromatic carbocycles. The third kappa shape index (κ3) is 9.76. The summed E-state index contributed by atoms with van der Waals surface area (Å²) in [6, 6.07) is -3.04. The Morgan fingerprint density at radius 2 is 2.03 bits per heavy atom. The molecule has 1 saturated heterocycles. The number of amides is 2. The number of aliphatic hydroxyl groups excluding tert-OH is 1. The van der Waals surface area contributed by atoms with Crippen molar-refractivity contribution >= 4 is 67.3 Å². The minimum absolute atomic E-state index is 0. The molecule has 0 spiro atoms. The van der Waals surface area contributed by atoms with E-state index in [0.717, 1.165) is 11.3 Å². The SMILES string of the molecule is Nc1nc(/C(=N\OCC(=O)[O-])C([O-])=N[C@@H]2C(=O)N(S(=O)(=O)O)[C@@H]2CSC(=O)NCCO)cs1.[Na+].[Na+]. The van der Waals surface area contributed by atoms with Crippen molar-refractivity contribution in [1.29, 1.82) is 0 Å². The third-order valence-corrected chi connectivity index (χ3v) is 6.25. The molecular formula is C14H16N6Na2O10S3. The van der Waals surface area contributed by atoms with Gasteiger partial charge in [0, 0.05) is 23.6 Å². The molecule has 0 bridgehead atoms. The van der Waals surface area contributed by atoms with Crippen LogP contribution < -0.4 is 80.4 Å². The van der Waals surface area contributed by atoms with E-state index in [2.05, 4.69) is 25.3 Å². The fraction of sp³-hybridized carbons (Fsp3) is 0.429. The fourth-order valence-electron chi connectivity index (χ4n) is 2.39.